The fourth-order valence-electron chi connectivity index (χ4n) is 2.50. The van der Waals surface area contributed by atoms with Crippen molar-refractivity contribution in [1.29, 1.82) is 0 Å². The lowest BCUT2D eigenvalue weighted by Crippen LogP contribution is -2.28. The minimum atomic E-state index is -3.46. The summed E-state index contributed by atoms with van der Waals surface area (Å²) >= 11 is 1.18. The Morgan fingerprint density at radius 1 is 1.08 bits per heavy atom. The van der Waals surface area contributed by atoms with Crippen molar-refractivity contribution in [2.45, 2.75) is 4.21 Å². The maximum absolute atomic E-state index is 12.1. The van der Waals surface area contributed by atoms with Gasteiger partial charge in [0.2, 0.25) is 10.0 Å². The predicted octanol–water partition coefficient (Wildman–Crippen LogP) is 2.83. The molecule has 2 N–H and O–H groups in total. The van der Waals surface area contributed by atoms with Crippen LogP contribution in [0.25, 0.3) is 22.1 Å². The molecule has 0 aliphatic rings. The van der Waals surface area contributed by atoms with Crippen molar-refractivity contribution < 1.29 is 12.8 Å². The van der Waals surface area contributed by atoms with Gasteiger partial charge in [-0.15, -0.1) is 11.3 Å². The van der Waals surface area contributed by atoms with E-state index in [-0.39, 0.29) is 6.54 Å². The van der Waals surface area contributed by atoms with Gasteiger partial charge in [0.15, 0.2) is 11.4 Å². The van der Waals surface area contributed by atoms with E-state index in [4.69, 9.17) is 4.42 Å². The lowest BCUT2D eigenvalue weighted by molar-refractivity contribution is 0.585. The first kappa shape index (κ1) is 16.0. The Morgan fingerprint density at radius 3 is 2.80 bits per heavy atom. The highest BCUT2D eigenvalue weighted by molar-refractivity contribution is 7.91. The topological polar surface area (TPSA) is 97.1 Å². The van der Waals surface area contributed by atoms with E-state index in [0.717, 1.165) is 16.5 Å². The highest BCUT2D eigenvalue weighted by atomic mass is 32.2. The molecule has 4 rings (SSSR count). The van der Waals surface area contributed by atoms with Gasteiger partial charge >= 0.3 is 0 Å². The first-order valence-corrected chi connectivity index (χ1v) is 9.91. The zero-order valence-corrected chi connectivity index (χ0v) is 14.6. The number of nitrogens with one attached hydrogen (secondary N) is 2. The first-order valence-electron chi connectivity index (χ1n) is 7.54. The summed E-state index contributed by atoms with van der Waals surface area (Å²) in [4.78, 5) is 8.47. The van der Waals surface area contributed by atoms with Crippen molar-refractivity contribution in [2.75, 3.05) is 18.4 Å². The smallest absolute Gasteiger partial charge is 0.250 e. The highest BCUT2D eigenvalue weighted by Crippen LogP contribution is 2.30. The van der Waals surface area contributed by atoms with Crippen LogP contribution in [-0.2, 0) is 10.0 Å². The molecule has 0 fully saturated rings. The van der Waals surface area contributed by atoms with Gasteiger partial charge in [0.25, 0.3) is 0 Å². The van der Waals surface area contributed by atoms with Gasteiger partial charge in [0, 0.05) is 18.5 Å². The number of hydrogen-bond donors (Lipinski definition) is 2. The van der Waals surface area contributed by atoms with Crippen molar-refractivity contribution >= 4 is 49.2 Å². The van der Waals surface area contributed by atoms with Gasteiger partial charge in [-0.25, -0.2) is 23.1 Å². The zero-order valence-electron chi connectivity index (χ0n) is 13.0. The standard InChI is InChI=1S/C16H14N4O3S2/c21-25(22,13-6-3-9-24-13)20-8-7-17-16-15-14(18-10-19-16)11-4-1-2-5-12(11)23-15/h1-6,9-10,20H,7-8H2,(H,17,18,19). The fourth-order valence-corrected chi connectivity index (χ4v) is 4.57. The molecule has 0 aliphatic carbocycles. The Labute approximate surface area is 147 Å². The van der Waals surface area contributed by atoms with Crippen LogP contribution >= 0.6 is 11.3 Å². The summed E-state index contributed by atoms with van der Waals surface area (Å²) in [6.45, 7) is 0.597. The number of sulfonamides is 1. The second-order valence-corrected chi connectivity index (χ2v) is 8.20. The molecule has 0 bridgehead atoms. The van der Waals surface area contributed by atoms with Crippen LogP contribution in [-0.4, -0.2) is 31.5 Å². The van der Waals surface area contributed by atoms with Gasteiger partial charge in [-0.3, -0.25) is 0 Å². The first-order chi connectivity index (χ1) is 12.1. The number of nitrogens with zero attached hydrogens (tertiary/aromatic N) is 2. The Bertz CT molecular complexity index is 1120. The van der Waals surface area contributed by atoms with Gasteiger partial charge in [-0.2, -0.15) is 0 Å². The van der Waals surface area contributed by atoms with Crippen molar-refractivity contribution in [3.05, 3.63) is 48.1 Å². The number of fused-ring (bicyclic) bond motifs is 3. The van der Waals surface area contributed by atoms with E-state index in [0.29, 0.717) is 22.2 Å². The molecule has 3 aromatic heterocycles. The summed E-state index contributed by atoms with van der Waals surface area (Å²) in [7, 11) is -3.46. The molecule has 0 atom stereocenters. The van der Waals surface area contributed by atoms with E-state index in [1.165, 1.54) is 17.7 Å². The van der Waals surface area contributed by atoms with Crippen molar-refractivity contribution in [3.63, 3.8) is 0 Å². The second-order valence-electron chi connectivity index (χ2n) is 5.25. The van der Waals surface area contributed by atoms with Crippen LogP contribution in [0.1, 0.15) is 0 Å². The average Bonchev–Trinajstić information content (AvgIpc) is 3.27. The Morgan fingerprint density at radius 2 is 1.96 bits per heavy atom. The molecule has 3 heterocycles. The molecule has 0 unspecified atom stereocenters. The number of anilines is 1. The normalized spacial score (nSPS) is 12.0. The number of benzene rings is 1. The molecule has 0 aliphatic heterocycles. The predicted molar refractivity (Wildman–Crippen MR) is 97.3 cm³/mol. The number of aromatic nitrogens is 2. The molecule has 0 spiro atoms. The zero-order chi connectivity index (χ0) is 17.3. The number of furan rings is 1. The average molecular weight is 374 g/mol. The molecule has 128 valence electrons. The van der Waals surface area contributed by atoms with Gasteiger partial charge < -0.3 is 9.73 Å². The molecular weight excluding hydrogens is 360 g/mol. The van der Waals surface area contributed by atoms with Crippen LogP contribution in [0.15, 0.2) is 56.7 Å². The van der Waals surface area contributed by atoms with E-state index in [1.54, 1.807) is 17.5 Å². The highest BCUT2D eigenvalue weighted by Gasteiger charge is 2.15. The monoisotopic (exact) mass is 374 g/mol. The molecule has 0 radical (unpaired) electrons. The molecule has 1 aromatic carbocycles. The summed E-state index contributed by atoms with van der Waals surface area (Å²) in [5.74, 6) is 0.538. The third kappa shape index (κ3) is 3.09. The minimum absolute atomic E-state index is 0.228. The van der Waals surface area contributed by atoms with Gasteiger partial charge in [0.1, 0.15) is 21.6 Å². The van der Waals surface area contributed by atoms with Crippen LogP contribution in [0.3, 0.4) is 0 Å². The van der Waals surface area contributed by atoms with Crippen molar-refractivity contribution in [1.82, 2.24) is 14.7 Å². The maximum atomic E-state index is 12.1. The molecule has 7 nitrogen and oxygen atoms in total. The summed E-state index contributed by atoms with van der Waals surface area (Å²) in [6, 6.07) is 10.9. The molecular formula is C16H14N4O3S2. The Hall–Kier alpha value is -2.49. The van der Waals surface area contributed by atoms with Crippen LogP contribution in [0.5, 0.6) is 0 Å². The minimum Gasteiger partial charge on any atom is -0.450 e. The van der Waals surface area contributed by atoms with E-state index in [1.807, 2.05) is 24.3 Å². The van der Waals surface area contributed by atoms with E-state index < -0.39 is 10.0 Å². The molecule has 0 saturated heterocycles. The third-order valence-electron chi connectivity index (χ3n) is 3.63. The largest absolute Gasteiger partial charge is 0.450 e. The van der Waals surface area contributed by atoms with E-state index >= 15 is 0 Å². The Balaban J connectivity index is 1.48. The molecule has 25 heavy (non-hydrogen) atoms. The Kier molecular flexibility index (Phi) is 4.12. The van der Waals surface area contributed by atoms with E-state index in [9.17, 15) is 8.42 Å². The van der Waals surface area contributed by atoms with E-state index in [2.05, 4.69) is 20.0 Å². The summed E-state index contributed by atoms with van der Waals surface area (Å²) in [6.07, 6.45) is 1.46. The van der Waals surface area contributed by atoms with Crippen LogP contribution in [0.2, 0.25) is 0 Å². The maximum Gasteiger partial charge on any atom is 0.250 e. The third-order valence-corrected chi connectivity index (χ3v) is 6.49. The second kappa shape index (κ2) is 6.43. The summed E-state index contributed by atoms with van der Waals surface area (Å²) in [5, 5.41) is 5.74. The molecule has 4 aromatic rings. The number of rotatable bonds is 6. The van der Waals surface area contributed by atoms with Gasteiger partial charge in [0.05, 0.1) is 0 Å². The van der Waals surface area contributed by atoms with Crippen LogP contribution < -0.4 is 10.0 Å². The molecule has 0 amide bonds. The van der Waals surface area contributed by atoms with Crippen LogP contribution in [0.4, 0.5) is 5.82 Å². The summed E-state index contributed by atoms with van der Waals surface area (Å²) in [5.41, 5.74) is 2.02. The lowest BCUT2D eigenvalue weighted by atomic mass is 10.2. The fraction of sp³-hybridized carbons (Fsp3) is 0.125. The summed E-state index contributed by atoms with van der Waals surface area (Å²) < 4.78 is 32.8. The van der Waals surface area contributed by atoms with Crippen molar-refractivity contribution in [3.8, 4) is 0 Å². The molecule has 0 saturated carbocycles. The lowest BCUT2D eigenvalue weighted by Gasteiger charge is -2.07. The van der Waals surface area contributed by atoms with Crippen LogP contribution in [0, 0.1) is 0 Å². The van der Waals surface area contributed by atoms with Gasteiger partial charge in [-0.1, -0.05) is 18.2 Å². The SMILES string of the molecule is O=S(=O)(NCCNc1ncnc2c1oc1ccccc12)c1cccs1. The van der Waals surface area contributed by atoms with Gasteiger partial charge in [-0.05, 0) is 23.6 Å². The number of hydrogen-bond acceptors (Lipinski definition) is 7. The molecule has 9 heteroatoms. The number of thiophene rings is 1. The number of para-hydroxylation sites is 1. The quantitative estimate of drug-likeness (QED) is 0.504. The van der Waals surface area contributed by atoms with Crippen molar-refractivity contribution in [2.24, 2.45) is 0 Å².